The third-order valence-corrected chi connectivity index (χ3v) is 4.66. The van der Waals surface area contributed by atoms with Gasteiger partial charge in [0.2, 0.25) is 6.10 Å². The van der Waals surface area contributed by atoms with E-state index >= 15 is 0 Å². The first-order valence-corrected chi connectivity index (χ1v) is 9.66. The van der Waals surface area contributed by atoms with Crippen LogP contribution in [0.1, 0.15) is 38.1 Å². The van der Waals surface area contributed by atoms with Crippen LogP contribution in [0.3, 0.4) is 0 Å². The van der Waals surface area contributed by atoms with E-state index in [9.17, 15) is 31.2 Å². The molecule has 7 nitrogen and oxygen atoms in total. The number of hydrogen-bond donors (Lipinski definition) is 1. The van der Waals surface area contributed by atoms with E-state index in [1.807, 2.05) is 20.8 Å². The average molecular weight is 426 g/mol. The second-order valence-electron chi connectivity index (χ2n) is 7.22. The minimum atomic E-state index is -5.19. The highest BCUT2D eigenvalue weighted by Crippen LogP contribution is 2.28. The molecule has 1 aromatic carbocycles. The maximum Gasteiger partial charge on any atom is 0.426 e. The Kier molecular flexibility index (Phi) is 7.24. The lowest BCUT2D eigenvalue weighted by atomic mass is 9.82. The second kappa shape index (κ2) is 8.48. The first-order valence-electron chi connectivity index (χ1n) is 8.05. The SMILES string of the molecule is CC(C(=O)Oc1ccc(C(=O)OC(CS(=O)(=O)O)C(F)(F)F)cc1)C(C)(C)C. The predicted molar refractivity (Wildman–Crippen MR) is 92.4 cm³/mol. The van der Waals surface area contributed by atoms with Crippen LogP contribution in [0, 0.1) is 11.3 Å². The number of carbonyl (C=O) groups excluding carboxylic acids is 2. The van der Waals surface area contributed by atoms with Crippen LogP contribution in [0.25, 0.3) is 0 Å². The van der Waals surface area contributed by atoms with Gasteiger partial charge >= 0.3 is 18.1 Å². The summed E-state index contributed by atoms with van der Waals surface area (Å²) in [6, 6.07) is 4.51. The number of hydrogen-bond acceptors (Lipinski definition) is 6. The van der Waals surface area contributed by atoms with Gasteiger partial charge in [0.15, 0.2) is 0 Å². The Morgan fingerprint density at radius 2 is 1.61 bits per heavy atom. The smallest absolute Gasteiger partial charge is 0.426 e. The predicted octanol–water partition coefficient (Wildman–Crippen LogP) is 3.25. The van der Waals surface area contributed by atoms with Crippen molar-refractivity contribution in [2.24, 2.45) is 11.3 Å². The first-order chi connectivity index (χ1) is 12.5. The summed E-state index contributed by atoms with van der Waals surface area (Å²) >= 11 is 0. The van der Waals surface area contributed by atoms with Crippen molar-refractivity contribution in [2.45, 2.75) is 40.0 Å². The molecule has 0 spiro atoms. The van der Waals surface area contributed by atoms with E-state index in [4.69, 9.17) is 9.29 Å². The number of carbonyl (C=O) groups is 2. The van der Waals surface area contributed by atoms with Crippen LogP contribution in [0.5, 0.6) is 5.75 Å². The Hall–Kier alpha value is -2.14. The molecule has 2 unspecified atom stereocenters. The first kappa shape index (κ1) is 23.9. The summed E-state index contributed by atoms with van der Waals surface area (Å²) in [7, 11) is -5.03. The van der Waals surface area contributed by atoms with Gasteiger partial charge in [-0.05, 0) is 29.7 Å². The molecule has 0 aliphatic rings. The molecule has 0 saturated carbocycles. The summed E-state index contributed by atoms with van der Waals surface area (Å²) in [5, 5.41) is 0. The van der Waals surface area contributed by atoms with Gasteiger partial charge in [-0.2, -0.15) is 21.6 Å². The van der Waals surface area contributed by atoms with Gasteiger partial charge in [-0.15, -0.1) is 0 Å². The van der Waals surface area contributed by atoms with E-state index in [-0.39, 0.29) is 16.7 Å². The zero-order chi connectivity index (χ0) is 21.9. The summed E-state index contributed by atoms with van der Waals surface area (Å²) in [5.74, 6) is -4.16. The zero-order valence-corrected chi connectivity index (χ0v) is 16.4. The average Bonchev–Trinajstić information content (AvgIpc) is 2.51. The van der Waals surface area contributed by atoms with Crippen LogP contribution in [0.2, 0.25) is 0 Å². The number of ether oxygens (including phenoxy) is 2. The lowest BCUT2D eigenvalue weighted by molar-refractivity contribution is -0.197. The van der Waals surface area contributed by atoms with Crippen LogP contribution >= 0.6 is 0 Å². The molecule has 0 aliphatic heterocycles. The Bertz CT molecular complexity index is 809. The number of alkyl halides is 3. The molecule has 11 heteroatoms. The van der Waals surface area contributed by atoms with Gasteiger partial charge in [0.1, 0.15) is 11.5 Å². The number of benzene rings is 1. The van der Waals surface area contributed by atoms with Gasteiger partial charge < -0.3 is 9.47 Å². The lowest BCUT2D eigenvalue weighted by Crippen LogP contribution is -2.39. The molecule has 0 radical (unpaired) electrons. The largest absolute Gasteiger partial charge is 0.448 e. The Morgan fingerprint density at radius 3 is 2.00 bits per heavy atom. The molecule has 1 N–H and O–H groups in total. The van der Waals surface area contributed by atoms with Crippen LogP contribution in [0.4, 0.5) is 13.2 Å². The fraction of sp³-hybridized carbons (Fsp3) is 0.529. The van der Waals surface area contributed by atoms with E-state index in [1.54, 1.807) is 6.92 Å². The van der Waals surface area contributed by atoms with Crippen LogP contribution < -0.4 is 4.74 Å². The van der Waals surface area contributed by atoms with E-state index in [0.717, 1.165) is 12.1 Å². The normalized spacial score (nSPS) is 14.9. The van der Waals surface area contributed by atoms with Crippen molar-refractivity contribution in [1.29, 1.82) is 0 Å². The summed E-state index contributed by atoms with van der Waals surface area (Å²) in [4.78, 5) is 23.9. The van der Waals surface area contributed by atoms with E-state index in [0.29, 0.717) is 0 Å². The van der Waals surface area contributed by atoms with Crippen molar-refractivity contribution in [3.8, 4) is 5.75 Å². The monoisotopic (exact) mass is 426 g/mol. The lowest BCUT2D eigenvalue weighted by Gasteiger charge is -2.25. The second-order valence-corrected chi connectivity index (χ2v) is 8.71. The van der Waals surface area contributed by atoms with Gasteiger partial charge in [-0.25, -0.2) is 4.79 Å². The summed E-state index contributed by atoms with van der Waals surface area (Å²) in [6.07, 6.45) is -8.22. The molecule has 2 atom stereocenters. The zero-order valence-electron chi connectivity index (χ0n) is 15.6. The topological polar surface area (TPSA) is 107 Å². The maximum absolute atomic E-state index is 12.8. The van der Waals surface area contributed by atoms with Crippen molar-refractivity contribution in [2.75, 3.05) is 5.75 Å². The molecule has 0 saturated heterocycles. The van der Waals surface area contributed by atoms with Gasteiger partial charge in [-0.1, -0.05) is 27.7 Å². The molecule has 0 fully saturated rings. The van der Waals surface area contributed by atoms with Crippen LogP contribution in [0.15, 0.2) is 24.3 Å². The fourth-order valence-corrected chi connectivity index (χ4v) is 2.44. The van der Waals surface area contributed by atoms with Gasteiger partial charge in [0.25, 0.3) is 10.1 Å². The Morgan fingerprint density at radius 1 is 1.11 bits per heavy atom. The fourth-order valence-electron chi connectivity index (χ4n) is 1.80. The quantitative estimate of drug-likeness (QED) is 0.423. The minimum absolute atomic E-state index is 0.0722. The van der Waals surface area contributed by atoms with Crippen molar-refractivity contribution >= 4 is 22.1 Å². The third-order valence-electron chi connectivity index (χ3n) is 3.94. The highest BCUT2D eigenvalue weighted by Gasteiger charge is 2.45. The molecule has 0 bridgehead atoms. The minimum Gasteiger partial charge on any atom is -0.448 e. The summed E-state index contributed by atoms with van der Waals surface area (Å²) < 4.78 is 77.7. The molecular weight excluding hydrogens is 405 g/mol. The highest BCUT2D eigenvalue weighted by molar-refractivity contribution is 7.85. The maximum atomic E-state index is 12.8. The van der Waals surface area contributed by atoms with Crippen molar-refractivity contribution in [3.63, 3.8) is 0 Å². The molecular formula is C17H21F3O7S. The molecule has 0 heterocycles. The summed E-state index contributed by atoms with van der Waals surface area (Å²) in [5.41, 5.74) is -0.672. The number of rotatable bonds is 6. The number of halogens is 3. The molecule has 158 valence electrons. The molecule has 1 aromatic rings. The molecule has 1 rings (SSSR count). The number of esters is 2. The molecule has 28 heavy (non-hydrogen) atoms. The van der Waals surface area contributed by atoms with Crippen molar-refractivity contribution in [1.82, 2.24) is 0 Å². The molecule has 0 aliphatic carbocycles. The van der Waals surface area contributed by atoms with Gasteiger partial charge in [0, 0.05) is 0 Å². The van der Waals surface area contributed by atoms with Gasteiger partial charge in [0.05, 0.1) is 11.5 Å². The van der Waals surface area contributed by atoms with Gasteiger partial charge in [-0.3, -0.25) is 9.35 Å². The van der Waals surface area contributed by atoms with Crippen LogP contribution in [-0.2, 0) is 19.6 Å². The van der Waals surface area contributed by atoms with E-state index < -0.39 is 46.0 Å². The molecule has 0 aromatic heterocycles. The highest BCUT2D eigenvalue weighted by atomic mass is 32.2. The van der Waals surface area contributed by atoms with E-state index in [2.05, 4.69) is 4.74 Å². The Balaban J connectivity index is 2.87. The third kappa shape index (κ3) is 7.47. The van der Waals surface area contributed by atoms with E-state index in [1.165, 1.54) is 12.1 Å². The van der Waals surface area contributed by atoms with Crippen molar-refractivity contribution in [3.05, 3.63) is 29.8 Å². The summed E-state index contributed by atoms with van der Waals surface area (Å²) in [6.45, 7) is 7.23. The standard InChI is InChI=1S/C17H21F3O7S/c1-10(16(2,3)4)14(21)26-12-7-5-11(6-8-12)15(22)27-13(17(18,19)20)9-28(23,24)25/h5-8,10,13H,9H2,1-4H3,(H,23,24,25). The Labute approximate surface area is 160 Å². The molecule has 0 amide bonds. The van der Waals surface area contributed by atoms with Crippen molar-refractivity contribution < 1.29 is 45.2 Å². The van der Waals surface area contributed by atoms with Crippen LogP contribution in [-0.4, -0.2) is 42.9 Å².